The van der Waals surface area contributed by atoms with E-state index in [4.69, 9.17) is 0 Å². The molecule has 1 rings (SSSR count). The summed E-state index contributed by atoms with van der Waals surface area (Å²) in [5.74, 6) is 1.10. The minimum atomic E-state index is -0.117. The van der Waals surface area contributed by atoms with Gasteiger partial charge in [0.25, 0.3) is 0 Å². The van der Waals surface area contributed by atoms with Gasteiger partial charge in [-0.1, -0.05) is 13.8 Å². The topological polar surface area (TPSA) is 23.5 Å². The molecule has 0 aliphatic carbocycles. The Bertz CT molecular complexity index is 104. The Balaban J connectivity index is 2.49. The first kappa shape index (κ1) is 8.02. The van der Waals surface area contributed by atoms with E-state index in [0.717, 1.165) is 13.1 Å². The number of hydrogen-bond acceptors (Lipinski definition) is 2. The summed E-state index contributed by atoms with van der Waals surface area (Å²) >= 11 is 0. The largest absolute Gasteiger partial charge is 0.392 e. The Labute approximate surface area is 62.8 Å². The number of rotatable bonds is 0. The maximum atomic E-state index is 9.48. The van der Waals surface area contributed by atoms with Crippen molar-refractivity contribution in [3.05, 3.63) is 0 Å². The third kappa shape index (κ3) is 1.50. The van der Waals surface area contributed by atoms with Gasteiger partial charge in [-0.15, -0.1) is 0 Å². The van der Waals surface area contributed by atoms with Gasteiger partial charge in [0.15, 0.2) is 0 Å². The van der Waals surface area contributed by atoms with Crippen LogP contribution in [0.2, 0.25) is 0 Å². The number of aliphatic hydroxyl groups is 1. The smallest absolute Gasteiger partial charge is 0.0695 e. The molecule has 60 valence electrons. The number of β-amino-alcohol motifs (C(OH)–C–C–N with tert-alkyl or cyclic N) is 1. The van der Waals surface area contributed by atoms with Crippen molar-refractivity contribution < 1.29 is 5.11 Å². The van der Waals surface area contributed by atoms with Crippen LogP contribution in [0, 0.1) is 11.8 Å². The number of hydrogen-bond donors (Lipinski definition) is 1. The molecular weight excluding hydrogens is 126 g/mol. The van der Waals surface area contributed by atoms with E-state index in [2.05, 4.69) is 25.8 Å². The monoisotopic (exact) mass is 143 g/mol. The molecule has 1 heterocycles. The van der Waals surface area contributed by atoms with Gasteiger partial charge in [-0.3, -0.25) is 0 Å². The number of likely N-dealkylation sites (tertiary alicyclic amines) is 1. The molecule has 1 aliphatic heterocycles. The SMILES string of the molecule is CC1CN(C)CC(O)C1C. The Kier molecular flexibility index (Phi) is 2.32. The molecule has 0 saturated carbocycles. The highest BCUT2D eigenvalue weighted by Crippen LogP contribution is 2.21. The second kappa shape index (κ2) is 2.89. The van der Waals surface area contributed by atoms with Gasteiger partial charge in [-0.05, 0) is 18.9 Å². The standard InChI is InChI=1S/C8H17NO/c1-6-4-9(3)5-8(10)7(6)2/h6-8,10H,4-5H2,1-3H3. The Morgan fingerprint density at radius 2 is 1.90 bits per heavy atom. The first-order valence-corrected chi connectivity index (χ1v) is 3.98. The van der Waals surface area contributed by atoms with E-state index >= 15 is 0 Å². The average molecular weight is 143 g/mol. The van der Waals surface area contributed by atoms with Crippen molar-refractivity contribution in [3.8, 4) is 0 Å². The fourth-order valence-corrected chi connectivity index (χ4v) is 1.60. The molecule has 1 N–H and O–H groups in total. The predicted octanol–water partition coefficient (Wildman–Crippen LogP) is 0.565. The van der Waals surface area contributed by atoms with Crippen LogP contribution in [0.1, 0.15) is 13.8 Å². The fraction of sp³-hybridized carbons (Fsp3) is 1.00. The summed E-state index contributed by atoms with van der Waals surface area (Å²) < 4.78 is 0. The third-order valence-corrected chi connectivity index (χ3v) is 2.60. The van der Waals surface area contributed by atoms with E-state index in [0.29, 0.717) is 11.8 Å². The third-order valence-electron chi connectivity index (χ3n) is 2.60. The Morgan fingerprint density at radius 1 is 1.30 bits per heavy atom. The van der Waals surface area contributed by atoms with Crippen LogP contribution in [0.3, 0.4) is 0 Å². The lowest BCUT2D eigenvalue weighted by atomic mass is 9.87. The van der Waals surface area contributed by atoms with Crippen molar-refractivity contribution >= 4 is 0 Å². The first-order chi connectivity index (χ1) is 4.61. The zero-order valence-electron chi connectivity index (χ0n) is 7.04. The van der Waals surface area contributed by atoms with Crippen molar-refractivity contribution in [1.29, 1.82) is 0 Å². The maximum absolute atomic E-state index is 9.48. The van der Waals surface area contributed by atoms with E-state index in [9.17, 15) is 5.11 Å². The molecule has 0 radical (unpaired) electrons. The van der Waals surface area contributed by atoms with Gasteiger partial charge >= 0.3 is 0 Å². The molecule has 0 aromatic carbocycles. The zero-order chi connectivity index (χ0) is 7.72. The summed E-state index contributed by atoms with van der Waals surface area (Å²) in [4.78, 5) is 2.19. The normalized spacial score (nSPS) is 43.8. The van der Waals surface area contributed by atoms with Gasteiger partial charge in [-0.2, -0.15) is 0 Å². The first-order valence-electron chi connectivity index (χ1n) is 3.98. The van der Waals surface area contributed by atoms with Crippen LogP contribution in [-0.2, 0) is 0 Å². The highest BCUT2D eigenvalue weighted by atomic mass is 16.3. The van der Waals surface area contributed by atoms with Crippen molar-refractivity contribution in [2.24, 2.45) is 11.8 Å². The molecule has 1 aliphatic rings. The van der Waals surface area contributed by atoms with Gasteiger partial charge in [0.2, 0.25) is 0 Å². The number of nitrogens with zero attached hydrogens (tertiary/aromatic N) is 1. The summed E-state index contributed by atoms with van der Waals surface area (Å²) in [7, 11) is 2.06. The van der Waals surface area contributed by atoms with Gasteiger partial charge in [0, 0.05) is 13.1 Å². The summed E-state index contributed by atoms with van der Waals surface area (Å²) in [6.07, 6.45) is -0.117. The highest BCUT2D eigenvalue weighted by Gasteiger charge is 2.27. The Morgan fingerprint density at radius 3 is 2.40 bits per heavy atom. The molecule has 0 amide bonds. The molecule has 2 nitrogen and oxygen atoms in total. The van der Waals surface area contributed by atoms with Gasteiger partial charge < -0.3 is 10.0 Å². The molecule has 10 heavy (non-hydrogen) atoms. The molecule has 0 aromatic heterocycles. The number of piperidine rings is 1. The second-order valence-electron chi connectivity index (χ2n) is 3.62. The van der Waals surface area contributed by atoms with E-state index in [1.165, 1.54) is 0 Å². The number of likely N-dealkylation sites (N-methyl/N-ethyl adjacent to an activating group) is 1. The minimum Gasteiger partial charge on any atom is -0.392 e. The van der Waals surface area contributed by atoms with Gasteiger partial charge in [-0.25, -0.2) is 0 Å². The number of aliphatic hydroxyl groups excluding tert-OH is 1. The summed E-state index contributed by atoms with van der Waals surface area (Å²) in [6, 6.07) is 0. The Hall–Kier alpha value is -0.0800. The quantitative estimate of drug-likeness (QED) is 0.536. The van der Waals surface area contributed by atoms with Crippen LogP contribution in [0.15, 0.2) is 0 Å². The van der Waals surface area contributed by atoms with E-state index in [1.54, 1.807) is 0 Å². The maximum Gasteiger partial charge on any atom is 0.0695 e. The van der Waals surface area contributed by atoms with Crippen molar-refractivity contribution in [2.75, 3.05) is 20.1 Å². The van der Waals surface area contributed by atoms with Gasteiger partial charge in [0.05, 0.1) is 6.10 Å². The van der Waals surface area contributed by atoms with E-state index < -0.39 is 0 Å². The predicted molar refractivity (Wildman–Crippen MR) is 41.8 cm³/mol. The zero-order valence-corrected chi connectivity index (χ0v) is 7.04. The molecule has 0 spiro atoms. The van der Waals surface area contributed by atoms with E-state index in [-0.39, 0.29) is 6.10 Å². The lowest BCUT2D eigenvalue weighted by molar-refractivity contribution is 0.00894. The lowest BCUT2D eigenvalue weighted by Gasteiger charge is -2.36. The molecule has 2 heteroatoms. The van der Waals surface area contributed by atoms with Crippen molar-refractivity contribution in [1.82, 2.24) is 4.90 Å². The average Bonchev–Trinajstić information content (AvgIpc) is 1.82. The molecule has 3 unspecified atom stereocenters. The second-order valence-corrected chi connectivity index (χ2v) is 3.62. The lowest BCUT2D eigenvalue weighted by Crippen LogP contribution is -2.45. The van der Waals surface area contributed by atoms with Crippen molar-refractivity contribution in [2.45, 2.75) is 20.0 Å². The summed E-state index contributed by atoms with van der Waals surface area (Å²) in [6.45, 7) is 6.29. The van der Waals surface area contributed by atoms with E-state index in [1.807, 2.05) is 0 Å². The molecule has 3 atom stereocenters. The molecule has 1 saturated heterocycles. The van der Waals surface area contributed by atoms with Crippen LogP contribution in [-0.4, -0.2) is 36.2 Å². The van der Waals surface area contributed by atoms with Crippen LogP contribution in [0.25, 0.3) is 0 Å². The van der Waals surface area contributed by atoms with Crippen LogP contribution >= 0.6 is 0 Å². The molecular formula is C8H17NO. The summed E-state index contributed by atoms with van der Waals surface area (Å²) in [5, 5.41) is 9.48. The van der Waals surface area contributed by atoms with Crippen LogP contribution in [0.5, 0.6) is 0 Å². The fourth-order valence-electron chi connectivity index (χ4n) is 1.60. The summed E-state index contributed by atoms with van der Waals surface area (Å²) in [5.41, 5.74) is 0. The van der Waals surface area contributed by atoms with Crippen LogP contribution in [0.4, 0.5) is 0 Å². The molecule has 0 bridgehead atoms. The van der Waals surface area contributed by atoms with Crippen molar-refractivity contribution in [3.63, 3.8) is 0 Å². The molecule has 0 aromatic rings. The van der Waals surface area contributed by atoms with Crippen LogP contribution < -0.4 is 0 Å². The molecule has 1 fully saturated rings. The minimum absolute atomic E-state index is 0.117. The highest BCUT2D eigenvalue weighted by molar-refractivity contribution is 4.79. The van der Waals surface area contributed by atoms with Gasteiger partial charge in [0.1, 0.15) is 0 Å².